The number of amides is 1. The number of nitrogens with two attached hydrogens (primary N) is 1. The summed E-state index contributed by atoms with van der Waals surface area (Å²) in [5.74, 6) is -0.0969. The number of hydrogen-bond donors (Lipinski definition) is 2. The van der Waals surface area contributed by atoms with Crippen LogP contribution in [0.15, 0.2) is 6.20 Å². The summed E-state index contributed by atoms with van der Waals surface area (Å²) in [7, 11) is 0. The average Bonchev–Trinajstić information content (AvgIpc) is 2.71. The van der Waals surface area contributed by atoms with Crippen LogP contribution in [0.4, 0.5) is 0 Å². The van der Waals surface area contributed by atoms with Crippen LogP contribution >= 0.6 is 0 Å². The minimum absolute atomic E-state index is 0.0276. The van der Waals surface area contributed by atoms with Crippen molar-refractivity contribution in [3.05, 3.63) is 17.5 Å². The zero-order chi connectivity index (χ0) is 13.9. The molecule has 0 unspecified atom stereocenters. The van der Waals surface area contributed by atoms with Gasteiger partial charge in [-0.25, -0.2) is 0 Å². The highest BCUT2D eigenvalue weighted by atomic mass is 16.1. The van der Waals surface area contributed by atoms with Crippen LogP contribution in [-0.4, -0.2) is 28.3 Å². The minimum atomic E-state index is -0.122. The standard InChI is InChI=1S/C13H24N4O/c1-6-11-10(12(18)16-9(2)7-14)8-15-17(11)13(3,4)5/h8-9H,6-7,14H2,1-5H3,(H,16,18)/t9-/m0/s1. The second kappa shape index (κ2) is 5.52. The van der Waals surface area contributed by atoms with Gasteiger partial charge in [-0.15, -0.1) is 0 Å². The third-order valence-corrected chi connectivity index (χ3v) is 2.81. The molecule has 0 spiro atoms. The Hall–Kier alpha value is -1.36. The Balaban J connectivity index is 3.04. The van der Waals surface area contributed by atoms with Crippen molar-refractivity contribution in [2.24, 2.45) is 5.73 Å². The molecular formula is C13H24N4O. The molecule has 1 rings (SSSR count). The molecule has 1 aromatic rings. The highest BCUT2D eigenvalue weighted by Gasteiger charge is 2.23. The first-order chi connectivity index (χ1) is 8.31. The van der Waals surface area contributed by atoms with Gasteiger partial charge in [0.2, 0.25) is 0 Å². The summed E-state index contributed by atoms with van der Waals surface area (Å²) in [4.78, 5) is 12.1. The second-order valence-corrected chi connectivity index (χ2v) is 5.55. The van der Waals surface area contributed by atoms with Crippen LogP contribution in [0.25, 0.3) is 0 Å². The van der Waals surface area contributed by atoms with Crippen LogP contribution in [-0.2, 0) is 12.0 Å². The first-order valence-electron chi connectivity index (χ1n) is 6.39. The first kappa shape index (κ1) is 14.7. The summed E-state index contributed by atoms with van der Waals surface area (Å²) < 4.78 is 1.91. The number of carbonyl (C=O) groups is 1. The molecule has 0 saturated carbocycles. The Bertz CT molecular complexity index is 417. The van der Waals surface area contributed by atoms with E-state index in [9.17, 15) is 4.79 Å². The average molecular weight is 252 g/mol. The first-order valence-corrected chi connectivity index (χ1v) is 6.39. The Labute approximate surface area is 109 Å². The van der Waals surface area contributed by atoms with E-state index in [1.807, 2.05) is 18.5 Å². The molecule has 1 amide bonds. The molecule has 0 aliphatic heterocycles. The van der Waals surface area contributed by atoms with Gasteiger partial charge in [0, 0.05) is 12.6 Å². The van der Waals surface area contributed by atoms with Gasteiger partial charge in [-0.2, -0.15) is 5.10 Å². The van der Waals surface area contributed by atoms with Crippen molar-refractivity contribution in [3.63, 3.8) is 0 Å². The molecule has 0 radical (unpaired) electrons. The Kier molecular flexibility index (Phi) is 4.51. The lowest BCUT2D eigenvalue weighted by Crippen LogP contribution is -2.38. The summed E-state index contributed by atoms with van der Waals surface area (Å²) in [6.07, 6.45) is 2.42. The normalized spacial score (nSPS) is 13.4. The van der Waals surface area contributed by atoms with Crippen LogP contribution in [0, 0.1) is 0 Å². The minimum Gasteiger partial charge on any atom is -0.348 e. The fraction of sp³-hybridized carbons (Fsp3) is 0.692. The number of nitrogens with zero attached hydrogens (tertiary/aromatic N) is 2. The number of carbonyl (C=O) groups excluding carboxylic acids is 1. The van der Waals surface area contributed by atoms with Gasteiger partial charge in [-0.1, -0.05) is 6.92 Å². The van der Waals surface area contributed by atoms with Gasteiger partial charge < -0.3 is 11.1 Å². The molecule has 0 bridgehead atoms. The van der Waals surface area contributed by atoms with Crippen LogP contribution < -0.4 is 11.1 Å². The second-order valence-electron chi connectivity index (χ2n) is 5.55. The molecule has 5 nitrogen and oxygen atoms in total. The van der Waals surface area contributed by atoms with Gasteiger partial charge in [0.1, 0.15) is 0 Å². The van der Waals surface area contributed by atoms with Crippen molar-refractivity contribution in [3.8, 4) is 0 Å². The third-order valence-electron chi connectivity index (χ3n) is 2.81. The maximum Gasteiger partial charge on any atom is 0.255 e. The monoisotopic (exact) mass is 252 g/mol. The third kappa shape index (κ3) is 3.10. The summed E-state index contributed by atoms with van der Waals surface area (Å²) >= 11 is 0. The lowest BCUT2D eigenvalue weighted by molar-refractivity contribution is 0.0940. The molecule has 1 aromatic heterocycles. The van der Waals surface area contributed by atoms with E-state index in [1.54, 1.807) is 6.20 Å². The van der Waals surface area contributed by atoms with Crippen molar-refractivity contribution in [2.75, 3.05) is 6.54 Å². The lowest BCUT2D eigenvalue weighted by atomic mass is 10.1. The van der Waals surface area contributed by atoms with Gasteiger partial charge in [-0.3, -0.25) is 9.48 Å². The zero-order valence-corrected chi connectivity index (χ0v) is 11.9. The molecule has 0 fully saturated rings. The molecule has 0 aromatic carbocycles. The van der Waals surface area contributed by atoms with Crippen LogP contribution in [0.5, 0.6) is 0 Å². The number of hydrogen-bond acceptors (Lipinski definition) is 3. The van der Waals surface area contributed by atoms with Crippen molar-refractivity contribution in [1.82, 2.24) is 15.1 Å². The summed E-state index contributed by atoms with van der Waals surface area (Å²) in [6.45, 7) is 10.6. The molecule has 3 N–H and O–H groups in total. The van der Waals surface area contributed by atoms with E-state index < -0.39 is 0 Å². The topological polar surface area (TPSA) is 72.9 Å². The predicted molar refractivity (Wildman–Crippen MR) is 72.6 cm³/mol. The number of aromatic nitrogens is 2. The van der Waals surface area contributed by atoms with Crippen molar-refractivity contribution in [2.45, 2.75) is 52.6 Å². The van der Waals surface area contributed by atoms with Crippen LogP contribution in [0.3, 0.4) is 0 Å². The van der Waals surface area contributed by atoms with Gasteiger partial charge in [0.05, 0.1) is 23.0 Å². The molecule has 0 aliphatic rings. The van der Waals surface area contributed by atoms with E-state index in [2.05, 4.69) is 31.2 Å². The fourth-order valence-corrected chi connectivity index (χ4v) is 1.84. The molecule has 0 aliphatic carbocycles. The SMILES string of the molecule is CCc1c(C(=O)N[C@@H](C)CN)cnn1C(C)(C)C. The highest BCUT2D eigenvalue weighted by Crippen LogP contribution is 2.19. The fourth-order valence-electron chi connectivity index (χ4n) is 1.84. The van der Waals surface area contributed by atoms with E-state index in [0.29, 0.717) is 12.1 Å². The molecule has 18 heavy (non-hydrogen) atoms. The smallest absolute Gasteiger partial charge is 0.255 e. The molecule has 5 heteroatoms. The van der Waals surface area contributed by atoms with E-state index >= 15 is 0 Å². The van der Waals surface area contributed by atoms with Crippen molar-refractivity contribution >= 4 is 5.91 Å². The van der Waals surface area contributed by atoms with Crippen molar-refractivity contribution in [1.29, 1.82) is 0 Å². The summed E-state index contributed by atoms with van der Waals surface area (Å²) in [6, 6.07) is -0.0276. The maximum atomic E-state index is 12.1. The Morgan fingerprint density at radius 2 is 2.17 bits per heavy atom. The van der Waals surface area contributed by atoms with E-state index in [0.717, 1.165) is 12.1 Å². The van der Waals surface area contributed by atoms with Crippen LogP contribution in [0.1, 0.15) is 50.7 Å². The molecule has 1 atom stereocenters. The summed E-state index contributed by atoms with van der Waals surface area (Å²) in [5.41, 5.74) is 6.99. The Morgan fingerprint density at radius 3 is 2.61 bits per heavy atom. The largest absolute Gasteiger partial charge is 0.348 e. The molecule has 1 heterocycles. The van der Waals surface area contributed by atoms with E-state index in [4.69, 9.17) is 5.73 Å². The van der Waals surface area contributed by atoms with Gasteiger partial charge in [-0.05, 0) is 34.1 Å². The lowest BCUT2D eigenvalue weighted by Gasteiger charge is -2.22. The summed E-state index contributed by atoms with van der Waals surface area (Å²) in [5, 5.41) is 7.21. The molecule has 102 valence electrons. The van der Waals surface area contributed by atoms with E-state index in [1.165, 1.54) is 0 Å². The number of nitrogens with one attached hydrogen (secondary N) is 1. The zero-order valence-electron chi connectivity index (χ0n) is 11.9. The van der Waals surface area contributed by atoms with Gasteiger partial charge >= 0.3 is 0 Å². The van der Waals surface area contributed by atoms with Gasteiger partial charge in [0.25, 0.3) is 5.91 Å². The van der Waals surface area contributed by atoms with Gasteiger partial charge in [0.15, 0.2) is 0 Å². The predicted octanol–water partition coefficient (Wildman–Crippen LogP) is 1.28. The Morgan fingerprint density at radius 1 is 1.56 bits per heavy atom. The van der Waals surface area contributed by atoms with Crippen molar-refractivity contribution < 1.29 is 4.79 Å². The van der Waals surface area contributed by atoms with Crippen LogP contribution in [0.2, 0.25) is 0 Å². The highest BCUT2D eigenvalue weighted by molar-refractivity contribution is 5.95. The van der Waals surface area contributed by atoms with E-state index in [-0.39, 0.29) is 17.5 Å². The molecule has 0 saturated heterocycles. The number of rotatable bonds is 4. The quantitative estimate of drug-likeness (QED) is 0.847. The molecular weight excluding hydrogens is 228 g/mol. The maximum absolute atomic E-state index is 12.1.